The van der Waals surface area contributed by atoms with Gasteiger partial charge < -0.3 is 10.4 Å². The van der Waals surface area contributed by atoms with Gasteiger partial charge in [0, 0.05) is 18.7 Å². The number of rotatable bonds is 8. The molecule has 6 nitrogen and oxygen atoms in total. The lowest BCUT2D eigenvalue weighted by molar-refractivity contribution is -0.115. The Bertz CT molecular complexity index is 956. The second kappa shape index (κ2) is 8.03. The van der Waals surface area contributed by atoms with Crippen LogP contribution < -0.4 is 10.0 Å². The van der Waals surface area contributed by atoms with E-state index in [0.717, 1.165) is 18.4 Å². The Balaban J connectivity index is 1.79. The standard InChI is InChI=1S/C21H26N2O4S/c1-3-20(24)23-18-11-12-19(15(2)13-18)28(26,27)22-14-21(25,17-9-10-17)16-7-5-4-6-8-16/h4-8,11-13,17,22,25H,3,9-10,14H2,1-2H3,(H,23,24). The molecule has 2 aromatic rings. The summed E-state index contributed by atoms with van der Waals surface area (Å²) >= 11 is 0. The van der Waals surface area contributed by atoms with E-state index in [1.807, 2.05) is 30.3 Å². The minimum absolute atomic E-state index is 0.0466. The van der Waals surface area contributed by atoms with Crippen molar-refractivity contribution in [3.05, 3.63) is 59.7 Å². The predicted molar refractivity (Wildman–Crippen MR) is 108 cm³/mol. The molecule has 150 valence electrons. The fourth-order valence-electron chi connectivity index (χ4n) is 3.33. The number of sulfonamides is 1. The lowest BCUT2D eigenvalue weighted by Crippen LogP contribution is -2.42. The van der Waals surface area contributed by atoms with Gasteiger partial charge in [0.15, 0.2) is 0 Å². The molecule has 0 aromatic heterocycles. The Labute approximate surface area is 166 Å². The highest BCUT2D eigenvalue weighted by molar-refractivity contribution is 7.89. The van der Waals surface area contributed by atoms with Crippen LogP contribution in [0.4, 0.5) is 5.69 Å². The van der Waals surface area contributed by atoms with Crippen LogP contribution in [0.25, 0.3) is 0 Å². The number of nitrogens with one attached hydrogen (secondary N) is 2. The summed E-state index contributed by atoms with van der Waals surface area (Å²) in [5.74, 6) is -0.0872. The maximum Gasteiger partial charge on any atom is 0.240 e. The van der Waals surface area contributed by atoms with E-state index < -0.39 is 15.6 Å². The first-order valence-corrected chi connectivity index (χ1v) is 10.9. The van der Waals surface area contributed by atoms with Crippen LogP contribution in [0, 0.1) is 12.8 Å². The third kappa shape index (κ3) is 4.43. The van der Waals surface area contributed by atoms with Gasteiger partial charge in [0.2, 0.25) is 15.9 Å². The van der Waals surface area contributed by atoms with Gasteiger partial charge in [0.1, 0.15) is 5.60 Å². The largest absolute Gasteiger partial charge is 0.383 e. The Hall–Kier alpha value is -2.22. The fraction of sp³-hybridized carbons (Fsp3) is 0.381. The molecule has 0 heterocycles. The molecule has 28 heavy (non-hydrogen) atoms. The smallest absolute Gasteiger partial charge is 0.240 e. The van der Waals surface area contributed by atoms with Crippen molar-refractivity contribution in [2.24, 2.45) is 5.92 Å². The van der Waals surface area contributed by atoms with E-state index in [-0.39, 0.29) is 23.3 Å². The second-order valence-corrected chi connectivity index (χ2v) is 9.01. The predicted octanol–water partition coefficient (Wildman–Crippen LogP) is 2.92. The van der Waals surface area contributed by atoms with E-state index in [0.29, 0.717) is 17.7 Å². The second-order valence-electron chi connectivity index (χ2n) is 7.27. The average Bonchev–Trinajstić information content (AvgIpc) is 3.52. The quantitative estimate of drug-likeness (QED) is 0.633. The van der Waals surface area contributed by atoms with E-state index >= 15 is 0 Å². The van der Waals surface area contributed by atoms with E-state index in [4.69, 9.17) is 0 Å². The van der Waals surface area contributed by atoms with E-state index in [1.165, 1.54) is 6.07 Å². The molecule has 7 heteroatoms. The van der Waals surface area contributed by atoms with Crippen LogP contribution in [0.15, 0.2) is 53.4 Å². The molecule has 1 atom stereocenters. The number of benzene rings is 2. The summed E-state index contributed by atoms with van der Waals surface area (Å²) in [5.41, 5.74) is 0.574. The summed E-state index contributed by atoms with van der Waals surface area (Å²) < 4.78 is 28.3. The molecule has 0 bridgehead atoms. The van der Waals surface area contributed by atoms with Crippen molar-refractivity contribution in [3.63, 3.8) is 0 Å². The van der Waals surface area contributed by atoms with Crippen molar-refractivity contribution in [1.82, 2.24) is 4.72 Å². The van der Waals surface area contributed by atoms with Crippen molar-refractivity contribution in [3.8, 4) is 0 Å². The number of amides is 1. The number of hydrogen-bond donors (Lipinski definition) is 3. The van der Waals surface area contributed by atoms with Crippen LogP contribution in [0.3, 0.4) is 0 Å². The van der Waals surface area contributed by atoms with Crippen molar-refractivity contribution >= 4 is 21.6 Å². The van der Waals surface area contributed by atoms with Crippen LogP contribution in [0.5, 0.6) is 0 Å². The van der Waals surface area contributed by atoms with E-state index in [9.17, 15) is 18.3 Å². The van der Waals surface area contributed by atoms with Crippen LogP contribution in [-0.4, -0.2) is 26.0 Å². The third-order valence-electron chi connectivity index (χ3n) is 5.13. The first-order chi connectivity index (χ1) is 13.3. The van der Waals surface area contributed by atoms with Crippen LogP contribution in [0.2, 0.25) is 0 Å². The van der Waals surface area contributed by atoms with Gasteiger partial charge in [-0.05, 0) is 55.0 Å². The molecule has 3 N–H and O–H groups in total. The number of hydrogen-bond acceptors (Lipinski definition) is 4. The molecule has 1 aliphatic carbocycles. The van der Waals surface area contributed by atoms with Gasteiger partial charge in [-0.25, -0.2) is 13.1 Å². The Kier molecular flexibility index (Phi) is 5.88. The van der Waals surface area contributed by atoms with Gasteiger partial charge in [-0.3, -0.25) is 4.79 Å². The summed E-state index contributed by atoms with van der Waals surface area (Å²) in [5, 5.41) is 13.9. The highest BCUT2D eigenvalue weighted by Crippen LogP contribution is 2.45. The Morgan fingerprint density at radius 1 is 1.18 bits per heavy atom. The van der Waals surface area contributed by atoms with Crippen LogP contribution in [-0.2, 0) is 20.4 Å². The van der Waals surface area contributed by atoms with E-state index in [2.05, 4.69) is 10.0 Å². The molecule has 1 saturated carbocycles. The zero-order chi connectivity index (χ0) is 20.4. The number of aliphatic hydroxyl groups is 1. The molecule has 3 rings (SSSR count). The topological polar surface area (TPSA) is 95.5 Å². The number of aryl methyl sites for hydroxylation is 1. The monoisotopic (exact) mass is 402 g/mol. The van der Waals surface area contributed by atoms with Gasteiger partial charge >= 0.3 is 0 Å². The first-order valence-electron chi connectivity index (χ1n) is 9.44. The van der Waals surface area contributed by atoms with Crippen molar-refractivity contribution in [1.29, 1.82) is 0 Å². The van der Waals surface area contributed by atoms with E-state index in [1.54, 1.807) is 26.0 Å². The minimum Gasteiger partial charge on any atom is -0.383 e. The molecule has 0 saturated heterocycles. The molecule has 1 aliphatic rings. The first kappa shape index (κ1) is 20.5. The molecule has 1 unspecified atom stereocenters. The lowest BCUT2D eigenvalue weighted by Gasteiger charge is -2.29. The summed E-state index contributed by atoms with van der Waals surface area (Å²) in [4.78, 5) is 11.7. The number of carbonyl (C=O) groups is 1. The highest BCUT2D eigenvalue weighted by atomic mass is 32.2. The van der Waals surface area contributed by atoms with Crippen molar-refractivity contribution in [2.45, 2.75) is 43.6 Å². The molecule has 1 fully saturated rings. The molecule has 0 radical (unpaired) electrons. The maximum atomic E-state index is 12.9. The van der Waals surface area contributed by atoms with Gasteiger partial charge in [0.05, 0.1) is 4.90 Å². The molecular formula is C21H26N2O4S. The van der Waals surface area contributed by atoms with Crippen molar-refractivity contribution < 1.29 is 18.3 Å². The normalized spacial score (nSPS) is 16.4. The van der Waals surface area contributed by atoms with Gasteiger partial charge in [0.25, 0.3) is 0 Å². The summed E-state index contributed by atoms with van der Waals surface area (Å²) in [7, 11) is -3.81. The molecule has 0 aliphatic heterocycles. The number of carbonyl (C=O) groups excluding carboxylic acids is 1. The lowest BCUT2D eigenvalue weighted by atomic mass is 9.89. The molecular weight excluding hydrogens is 376 g/mol. The highest BCUT2D eigenvalue weighted by Gasteiger charge is 2.45. The van der Waals surface area contributed by atoms with Gasteiger partial charge in [-0.2, -0.15) is 0 Å². The van der Waals surface area contributed by atoms with Crippen molar-refractivity contribution in [2.75, 3.05) is 11.9 Å². The Morgan fingerprint density at radius 2 is 1.86 bits per heavy atom. The summed E-state index contributed by atoms with van der Waals surface area (Å²) in [6.07, 6.45) is 2.09. The molecule has 2 aromatic carbocycles. The molecule has 0 spiro atoms. The fourth-order valence-corrected chi connectivity index (χ4v) is 4.63. The van der Waals surface area contributed by atoms with Gasteiger partial charge in [-0.1, -0.05) is 37.3 Å². The summed E-state index contributed by atoms with van der Waals surface area (Å²) in [6, 6.07) is 13.9. The summed E-state index contributed by atoms with van der Waals surface area (Å²) in [6.45, 7) is 3.34. The average molecular weight is 403 g/mol. The third-order valence-corrected chi connectivity index (χ3v) is 6.69. The SMILES string of the molecule is CCC(=O)Nc1ccc(S(=O)(=O)NCC(O)(c2ccccc2)C2CC2)c(C)c1. The van der Waals surface area contributed by atoms with Crippen LogP contribution >= 0.6 is 0 Å². The number of anilines is 1. The minimum atomic E-state index is -3.81. The molecule has 1 amide bonds. The maximum absolute atomic E-state index is 12.9. The van der Waals surface area contributed by atoms with Gasteiger partial charge in [-0.15, -0.1) is 0 Å². The zero-order valence-electron chi connectivity index (χ0n) is 16.1. The zero-order valence-corrected chi connectivity index (χ0v) is 16.9. The Morgan fingerprint density at radius 3 is 2.43 bits per heavy atom. The van der Waals surface area contributed by atoms with Crippen LogP contribution in [0.1, 0.15) is 37.3 Å².